The Labute approximate surface area is 164 Å². The molecule has 2 N–H and O–H groups in total. The minimum absolute atomic E-state index is 0.752. The number of aromatic nitrogens is 1. The molecule has 0 radical (unpaired) electrons. The van der Waals surface area contributed by atoms with E-state index in [2.05, 4.69) is 38.6 Å². The Balaban J connectivity index is 1.72. The quantitative estimate of drug-likeness (QED) is 0.500. The van der Waals surface area contributed by atoms with Crippen molar-refractivity contribution in [2.45, 2.75) is 12.8 Å². The molecule has 144 valence electrons. The molecule has 0 amide bonds. The van der Waals surface area contributed by atoms with Crippen molar-refractivity contribution in [2.75, 3.05) is 32.5 Å². The lowest BCUT2D eigenvalue weighted by molar-refractivity contribution is 0.318. The molecular weight excluding hydrogens is 352 g/mol. The highest BCUT2D eigenvalue weighted by molar-refractivity contribution is 6.04. The second kappa shape index (κ2) is 7.86. The summed E-state index contributed by atoms with van der Waals surface area (Å²) in [6.07, 6.45) is 5.20. The van der Waals surface area contributed by atoms with Crippen LogP contribution < -0.4 is 5.32 Å². The van der Waals surface area contributed by atoms with Crippen LogP contribution in [0, 0.1) is 0 Å². The van der Waals surface area contributed by atoms with Gasteiger partial charge in [-0.1, -0.05) is 23.4 Å². The van der Waals surface area contributed by atoms with E-state index < -0.39 is 0 Å². The lowest BCUT2D eigenvalue weighted by Gasteiger charge is -2.09. The molecule has 0 atom stereocenters. The van der Waals surface area contributed by atoms with E-state index in [4.69, 9.17) is 4.42 Å². The summed E-state index contributed by atoms with van der Waals surface area (Å²) >= 11 is 0. The van der Waals surface area contributed by atoms with Crippen molar-refractivity contribution in [1.29, 1.82) is 0 Å². The van der Waals surface area contributed by atoms with E-state index in [1.165, 1.54) is 5.56 Å². The Bertz CT molecular complexity index is 993. The largest absolute Gasteiger partial charge is 0.440 e. The van der Waals surface area contributed by atoms with Crippen LogP contribution in [0.25, 0.3) is 22.5 Å². The van der Waals surface area contributed by atoms with Gasteiger partial charge in [-0.15, -0.1) is 0 Å². The number of aryl methyl sites for hydroxylation is 1. The van der Waals surface area contributed by atoms with E-state index in [1.807, 2.05) is 32.3 Å². The molecule has 28 heavy (non-hydrogen) atoms. The summed E-state index contributed by atoms with van der Waals surface area (Å²) in [5.74, 6) is 1.57. The fraction of sp³-hybridized carbons (Fsp3) is 0.273. The Morgan fingerprint density at radius 1 is 1.07 bits per heavy atom. The summed E-state index contributed by atoms with van der Waals surface area (Å²) in [4.78, 5) is 6.24. The lowest BCUT2D eigenvalue weighted by Crippen LogP contribution is -2.20. The van der Waals surface area contributed by atoms with E-state index in [-0.39, 0.29) is 0 Å². The maximum absolute atomic E-state index is 9.17. The van der Waals surface area contributed by atoms with Gasteiger partial charge in [-0.05, 0) is 50.2 Å². The van der Waals surface area contributed by atoms with Crippen molar-refractivity contribution in [2.24, 2.45) is 5.16 Å². The number of furan rings is 1. The number of anilines is 1. The van der Waals surface area contributed by atoms with Gasteiger partial charge in [-0.3, -0.25) is 4.98 Å². The number of fused-ring (bicyclic) bond motifs is 1. The van der Waals surface area contributed by atoms with Crippen LogP contribution in [0.15, 0.2) is 58.4 Å². The van der Waals surface area contributed by atoms with Gasteiger partial charge < -0.3 is 19.8 Å². The molecule has 1 aliphatic rings. The first kappa shape index (κ1) is 18.3. The summed E-state index contributed by atoms with van der Waals surface area (Å²) in [6.45, 7) is 1.72. The van der Waals surface area contributed by atoms with Gasteiger partial charge in [0.25, 0.3) is 0 Å². The summed E-state index contributed by atoms with van der Waals surface area (Å²) in [6, 6.07) is 12.2. The molecule has 0 spiro atoms. The third-order valence-electron chi connectivity index (χ3n) is 5.01. The molecule has 2 heterocycles. The van der Waals surface area contributed by atoms with Crippen LogP contribution in [0.2, 0.25) is 0 Å². The number of nitrogens with one attached hydrogen (secondary N) is 1. The SMILES string of the molecule is CN(C)CCNc1cc(-c2ccc3c(c2)CC/C3=N\O)c(-c2ccncc2)o1. The maximum atomic E-state index is 9.17. The average Bonchev–Trinajstić information content (AvgIpc) is 3.32. The second-order valence-electron chi connectivity index (χ2n) is 7.24. The number of hydrogen-bond donors (Lipinski definition) is 2. The van der Waals surface area contributed by atoms with Crippen LogP contribution in [0.5, 0.6) is 0 Å². The van der Waals surface area contributed by atoms with E-state index in [9.17, 15) is 5.21 Å². The van der Waals surface area contributed by atoms with E-state index in [0.717, 1.165) is 65.5 Å². The average molecular weight is 376 g/mol. The first-order valence-corrected chi connectivity index (χ1v) is 9.43. The van der Waals surface area contributed by atoms with Crippen molar-refractivity contribution in [1.82, 2.24) is 9.88 Å². The topological polar surface area (TPSA) is 73.9 Å². The van der Waals surface area contributed by atoms with Crippen LogP contribution in [0.1, 0.15) is 17.5 Å². The number of benzene rings is 1. The standard InChI is InChI=1S/C22H24N4O2/c1-26(2)12-11-24-21-14-19(22(28-21)15-7-9-23-10-8-15)17-3-5-18-16(13-17)4-6-20(18)25-27/h3,5,7-10,13-14,24,27H,4,6,11-12H2,1-2H3/b25-20+. The second-order valence-corrected chi connectivity index (χ2v) is 7.24. The predicted octanol–water partition coefficient (Wildman–Crippen LogP) is 4.11. The molecule has 0 bridgehead atoms. The molecular formula is C22H24N4O2. The fourth-order valence-electron chi connectivity index (χ4n) is 3.55. The Kier molecular flexibility index (Phi) is 5.12. The monoisotopic (exact) mass is 376 g/mol. The van der Waals surface area contributed by atoms with Crippen LogP contribution in [0.3, 0.4) is 0 Å². The van der Waals surface area contributed by atoms with Gasteiger partial charge in [0.15, 0.2) is 5.88 Å². The third kappa shape index (κ3) is 3.64. The van der Waals surface area contributed by atoms with Crippen LogP contribution in [-0.2, 0) is 6.42 Å². The zero-order chi connectivity index (χ0) is 19.5. The normalized spacial score (nSPS) is 14.6. The molecule has 3 aromatic rings. The van der Waals surface area contributed by atoms with Gasteiger partial charge in [0.2, 0.25) is 0 Å². The summed E-state index contributed by atoms with van der Waals surface area (Å²) in [5.41, 5.74) is 6.11. The zero-order valence-electron chi connectivity index (χ0n) is 16.1. The van der Waals surface area contributed by atoms with Gasteiger partial charge in [0.1, 0.15) is 5.76 Å². The third-order valence-corrected chi connectivity index (χ3v) is 5.01. The summed E-state index contributed by atoms with van der Waals surface area (Å²) in [5, 5.41) is 16.0. The number of pyridine rings is 1. The highest BCUT2D eigenvalue weighted by Crippen LogP contribution is 2.38. The number of likely N-dealkylation sites (N-methyl/N-ethyl adjacent to an activating group) is 1. The molecule has 0 saturated carbocycles. The van der Waals surface area contributed by atoms with Crippen molar-refractivity contribution in [3.8, 4) is 22.5 Å². The molecule has 6 nitrogen and oxygen atoms in total. The molecule has 1 aromatic carbocycles. The Morgan fingerprint density at radius 3 is 2.64 bits per heavy atom. The number of hydrogen-bond acceptors (Lipinski definition) is 6. The molecule has 2 aromatic heterocycles. The van der Waals surface area contributed by atoms with Crippen LogP contribution in [-0.4, -0.2) is 48.0 Å². The summed E-state index contributed by atoms with van der Waals surface area (Å²) < 4.78 is 6.18. The molecule has 0 fully saturated rings. The first-order valence-electron chi connectivity index (χ1n) is 9.43. The maximum Gasteiger partial charge on any atom is 0.194 e. The predicted molar refractivity (Wildman–Crippen MR) is 111 cm³/mol. The van der Waals surface area contributed by atoms with Gasteiger partial charge in [-0.25, -0.2) is 0 Å². The molecule has 1 aliphatic carbocycles. The lowest BCUT2D eigenvalue weighted by atomic mass is 9.98. The Hall–Kier alpha value is -3.12. The molecule has 0 saturated heterocycles. The van der Waals surface area contributed by atoms with Crippen LogP contribution in [0.4, 0.5) is 5.88 Å². The number of rotatable bonds is 6. The number of oxime groups is 1. The molecule has 6 heteroatoms. The van der Waals surface area contributed by atoms with Gasteiger partial charge in [-0.2, -0.15) is 0 Å². The van der Waals surface area contributed by atoms with Gasteiger partial charge >= 0.3 is 0 Å². The fourth-order valence-corrected chi connectivity index (χ4v) is 3.55. The minimum atomic E-state index is 0.752. The van der Waals surface area contributed by atoms with Crippen molar-refractivity contribution in [3.63, 3.8) is 0 Å². The molecule has 4 rings (SSSR count). The minimum Gasteiger partial charge on any atom is -0.440 e. The van der Waals surface area contributed by atoms with Gasteiger partial charge in [0.05, 0.1) is 5.71 Å². The first-order chi connectivity index (χ1) is 13.7. The molecule has 0 aliphatic heterocycles. The van der Waals surface area contributed by atoms with E-state index in [1.54, 1.807) is 12.4 Å². The Morgan fingerprint density at radius 2 is 1.89 bits per heavy atom. The zero-order valence-corrected chi connectivity index (χ0v) is 16.1. The van der Waals surface area contributed by atoms with Crippen molar-refractivity contribution >= 4 is 11.6 Å². The molecule has 0 unspecified atom stereocenters. The van der Waals surface area contributed by atoms with Crippen molar-refractivity contribution < 1.29 is 9.62 Å². The van der Waals surface area contributed by atoms with E-state index >= 15 is 0 Å². The van der Waals surface area contributed by atoms with Crippen LogP contribution >= 0.6 is 0 Å². The van der Waals surface area contributed by atoms with Crippen molar-refractivity contribution in [3.05, 3.63) is 59.9 Å². The smallest absolute Gasteiger partial charge is 0.194 e. The number of nitrogens with zero attached hydrogens (tertiary/aromatic N) is 3. The van der Waals surface area contributed by atoms with E-state index in [0.29, 0.717) is 0 Å². The summed E-state index contributed by atoms with van der Waals surface area (Å²) in [7, 11) is 4.10. The highest BCUT2D eigenvalue weighted by Gasteiger charge is 2.21. The highest BCUT2D eigenvalue weighted by atomic mass is 16.4. The van der Waals surface area contributed by atoms with Gasteiger partial charge in [0, 0.05) is 48.2 Å².